The summed E-state index contributed by atoms with van der Waals surface area (Å²) >= 11 is 0. The summed E-state index contributed by atoms with van der Waals surface area (Å²) < 4.78 is 5.45. The number of carbonyl (C=O) groups is 2. The number of aliphatic carboxylic acids is 1. The maximum Gasteiger partial charge on any atom is 0.352 e. The third-order valence-corrected chi connectivity index (χ3v) is 1.96. The Hall–Kier alpha value is -2.37. The van der Waals surface area contributed by atoms with Crippen molar-refractivity contribution in [2.45, 2.75) is 26.9 Å². The van der Waals surface area contributed by atoms with Crippen LogP contribution in [0.3, 0.4) is 0 Å². The van der Waals surface area contributed by atoms with Crippen LogP contribution in [-0.2, 0) is 9.59 Å². The molecule has 2 N–H and O–H groups in total. The van der Waals surface area contributed by atoms with Gasteiger partial charge in [-0.2, -0.15) is 0 Å². The van der Waals surface area contributed by atoms with Crippen LogP contribution in [0.4, 0.5) is 0 Å². The van der Waals surface area contributed by atoms with Gasteiger partial charge in [0.15, 0.2) is 0 Å². The summed E-state index contributed by atoms with van der Waals surface area (Å²) in [6, 6.07) is 1.65. The van der Waals surface area contributed by atoms with Crippen LogP contribution in [-0.4, -0.2) is 28.1 Å². The lowest BCUT2D eigenvalue weighted by atomic mass is 10.2. The molecule has 0 saturated heterocycles. The van der Waals surface area contributed by atoms with Crippen LogP contribution >= 0.6 is 0 Å². The van der Waals surface area contributed by atoms with Crippen LogP contribution in [0.1, 0.15) is 26.3 Å². The van der Waals surface area contributed by atoms with E-state index in [9.17, 15) is 9.59 Å². The number of hydrogen-bond acceptors (Lipinski definition) is 4. The second kappa shape index (κ2) is 6.53. The molecule has 1 heterocycles. The second-order valence-corrected chi connectivity index (χ2v) is 4.16. The lowest BCUT2D eigenvalue weighted by Crippen LogP contribution is -2.24. The van der Waals surface area contributed by atoms with E-state index in [4.69, 9.17) is 9.84 Å². The molecule has 0 unspecified atom stereocenters. The standard InChI is InChI=1S/C13H16N2O4/c1-8(2)19-11-4-10(6-14-7-11)5-12(13(17)18)15-9(3)16/h4-8H,1-3H3,(H,15,16)(H,17,18)/b12-5+. The van der Waals surface area contributed by atoms with E-state index in [1.54, 1.807) is 6.07 Å². The molecule has 0 saturated carbocycles. The number of rotatable bonds is 5. The van der Waals surface area contributed by atoms with Gasteiger partial charge in [0.05, 0.1) is 12.3 Å². The number of carboxylic acids is 1. The highest BCUT2D eigenvalue weighted by Crippen LogP contribution is 2.15. The molecule has 1 aromatic rings. The molecule has 1 aromatic heterocycles. The monoisotopic (exact) mass is 264 g/mol. The van der Waals surface area contributed by atoms with Gasteiger partial charge in [-0.3, -0.25) is 9.78 Å². The van der Waals surface area contributed by atoms with Gasteiger partial charge in [0.25, 0.3) is 0 Å². The van der Waals surface area contributed by atoms with Crippen molar-refractivity contribution in [1.82, 2.24) is 10.3 Å². The molecule has 6 heteroatoms. The number of ether oxygens (including phenoxy) is 1. The molecule has 0 bridgehead atoms. The highest BCUT2D eigenvalue weighted by Gasteiger charge is 2.09. The molecule has 0 atom stereocenters. The summed E-state index contributed by atoms with van der Waals surface area (Å²) in [6.45, 7) is 5.00. The van der Waals surface area contributed by atoms with Gasteiger partial charge in [-0.1, -0.05) is 0 Å². The van der Waals surface area contributed by atoms with Gasteiger partial charge in [0.2, 0.25) is 5.91 Å². The zero-order valence-corrected chi connectivity index (χ0v) is 11.0. The number of carboxylic acid groups (broad SMARTS) is 1. The molecule has 0 radical (unpaired) electrons. The fourth-order valence-electron chi connectivity index (χ4n) is 1.36. The number of amides is 1. The van der Waals surface area contributed by atoms with Crippen molar-refractivity contribution < 1.29 is 19.4 Å². The first-order valence-electron chi connectivity index (χ1n) is 5.72. The SMILES string of the molecule is CC(=O)N/C(=C/c1cncc(OC(C)C)c1)C(=O)O. The highest BCUT2D eigenvalue weighted by molar-refractivity contribution is 5.96. The summed E-state index contributed by atoms with van der Waals surface area (Å²) in [7, 11) is 0. The predicted molar refractivity (Wildman–Crippen MR) is 69.4 cm³/mol. The highest BCUT2D eigenvalue weighted by atomic mass is 16.5. The van der Waals surface area contributed by atoms with Crippen molar-refractivity contribution in [1.29, 1.82) is 0 Å². The van der Waals surface area contributed by atoms with Gasteiger partial charge in [0.1, 0.15) is 11.4 Å². The van der Waals surface area contributed by atoms with Gasteiger partial charge < -0.3 is 15.2 Å². The maximum absolute atomic E-state index is 11.0. The Morgan fingerprint density at radius 1 is 1.42 bits per heavy atom. The van der Waals surface area contributed by atoms with Crippen molar-refractivity contribution in [2.24, 2.45) is 0 Å². The lowest BCUT2D eigenvalue weighted by molar-refractivity contribution is -0.134. The molecule has 1 rings (SSSR count). The average Bonchev–Trinajstić information content (AvgIpc) is 2.26. The normalized spacial score (nSPS) is 11.3. The van der Waals surface area contributed by atoms with Gasteiger partial charge in [-0.25, -0.2) is 4.79 Å². The quantitative estimate of drug-likeness (QED) is 0.785. The van der Waals surface area contributed by atoms with Crippen LogP contribution in [0.2, 0.25) is 0 Å². The molecule has 6 nitrogen and oxygen atoms in total. The Kier molecular flexibility index (Phi) is 5.05. The smallest absolute Gasteiger partial charge is 0.352 e. The number of nitrogens with zero attached hydrogens (tertiary/aromatic N) is 1. The van der Waals surface area contributed by atoms with Crippen LogP contribution in [0.15, 0.2) is 24.2 Å². The van der Waals surface area contributed by atoms with Gasteiger partial charge in [-0.05, 0) is 31.6 Å². The van der Waals surface area contributed by atoms with E-state index in [-0.39, 0.29) is 11.8 Å². The molecule has 102 valence electrons. The summed E-state index contributed by atoms with van der Waals surface area (Å²) in [6.07, 6.45) is 4.34. The van der Waals surface area contributed by atoms with Crippen molar-refractivity contribution in [3.05, 3.63) is 29.7 Å². The fourth-order valence-corrected chi connectivity index (χ4v) is 1.36. The molecule has 19 heavy (non-hydrogen) atoms. The van der Waals surface area contributed by atoms with Crippen LogP contribution in [0.5, 0.6) is 5.75 Å². The van der Waals surface area contributed by atoms with Crippen LogP contribution < -0.4 is 10.1 Å². The molecule has 0 aliphatic heterocycles. The van der Waals surface area contributed by atoms with Crippen molar-refractivity contribution in [2.75, 3.05) is 0 Å². The first-order chi connectivity index (χ1) is 8.88. The molecule has 0 fully saturated rings. The summed E-state index contributed by atoms with van der Waals surface area (Å²) in [5.74, 6) is -1.13. The summed E-state index contributed by atoms with van der Waals surface area (Å²) in [4.78, 5) is 25.8. The fraction of sp³-hybridized carbons (Fsp3) is 0.308. The lowest BCUT2D eigenvalue weighted by Gasteiger charge is -2.09. The molecule has 0 spiro atoms. The minimum Gasteiger partial charge on any atom is -0.489 e. The Morgan fingerprint density at radius 2 is 2.11 bits per heavy atom. The van der Waals surface area contributed by atoms with Crippen LogP contribution in [0, 0.1) is 0 Å². The molecule has 0 aliphatic rings. The van der Waals surface area contributed by atoms with E-state index in [1.165, 1.54) is 25.4 Å². The predicted octanol–water partition coefficient (Wildman–Crippen LogP) is 1.43. The van der Waals surface area contributed by atoms with Crippen molar-refractivity contribution in [3.63, 3.8) is 0 Å². The van der Waals surface area contributed by atoms with E-state index in [0.29, 0.717) is 11.3 Å². The van der Waals surface area contributed by atoms with E-state index in [0.717, 1.165) is 0 Å². The van der Waals surface area contributed by atoms with Crippen LogP contribution in [0.25, 0.3) is 6.08 Å². The first kappa shape index (κ1) is 14.7. The zero-order chi connectivity index (χ0) is 14.4. The van der Waals surface area contributed by atoms with Crippen molar-refractivity contribution in [3.8, 4) is 5.75 Å². The maximum atomic E-state index is 11.0. The minimum absolute atomic E-state index is 0.00433. The number of nitrogens with one attached hydrogen (secondary N) is 1. The summed E-state index contributed by atoms with van der Waals surface area (Å²) in [5.41, 5.74) is 0.320. The molecule has 0 aromatic carbocycles. The Balaban J connectivity index is 3.00. The van der Waals surface area contributed by atoms with E-state index >= 15 is 0 Å². The van der Waals surface area contributed by atoms with E-state index in [2.05, 4.69) is 10.3 Å². The topological polar surface area (TPSA) is 88.5 Å². The Morgan fingerprint density at radius 3 is 2.63 bits per heavy atom. The van der Waals surface area contributed by atoms with Gasteiger partial charge in [-0.15, -0.1) is 0 Å². The molecular formula is C13H16N2O4. The van der Waals surface area contributed by atoms with Gasteiger partial charge in [0, 0.05) is 13.1 Å². The number of hydrogen-bond donors (Lipinski definition) is 2. The third-order valence-electron chi connectivity index (χ3n) is 1.96. The first-order valence-corrected chi connectivity index (χ1v) is 5.72. The van der Waals surface area contributed by atoms with Gasteiger partial charge >= 0.3 is 5.97 Å². The zero-order valence-electron chi connectivity index (χ0n) is 11.0. The number of aromatic nitrogens is 1. The minimum atomic E-state index is -1.22. The number of carbonyl (C=O) groups excluding carboxylic acids is 1. The van der Waals surface area contributed by atoms with E-state index < -0.39 is 11.9 Å². The third kappa shape index (κ3) is 5.20. The Labute approximate surface area is 111 Å². The second-order valence-electron chi connectivity index (χ2n) is 4.16. The average molecular weight is 264 g/mol. The molecular weight excluding hydrogens is 248 g/mol. The number of pyridine rings is 1. The van der Waals surface area contributed by atoms with E-state index in [1.807, 2.05) is 13.8 Å². The largest absolute Gasteiger partial charge is 0.489 e. The van der Waals surface area contributed by atoms with Crippen molar-refractivity contribution >= 4 is 18.0 Å². The molecule has 1 amide bonds. The Bertz CT molecular complexity index is 509. The summed E-state index contributed by atoms with van der Waals surface area (Å²) in [5, 5.41) is 11.2. The molecule has 0 aliphatic carbocycles.